The molecule has 0 saturated carbocycles. The Morgan fingerprint density at radius 2 is 2.05 bits per heavy atom. The minimum absolute atomic E-state index is 0.144. The van der Waals surface area contributed by atoms with E-state index >= 15 is 0 Å². The molecule has 8 heteroatoms. The molecule has 1 aliphatic heterocycles. The molecule has 1 amide bonds. The molecule has 0 atom stereocenters. The van der Waals surface area contributed by atoms with E-state index in [0.717, 1.165) is 17.4 Å². The maximum Gasteiger partial charge on any atom is 0.243 e. The van der Waals surface area contributed by atoms with Gasteiger partial charge < -0.3 is 10.2 Å². The highest BCUT2D eigenvalue weighted by Crippen LogP contribution is 2.19. The van der Waals surface area contributed by atoms with Gasteiger partial charge in [-0.2, -0.15) is 4.31 Å². The second-order valence-corrected chi connectivity index (χ2v) is 7.81. The van der Waals surface area contributed by atoms with Crippen molar-refractivity contribution < 1.29 is 13.2 Å². The van der Waals surface area contributed by atoms with Gasteiger partial charge in [-0.25, -0.2) is 8.42 Å². The van der Waals surface area contributed by atoms with Crippen molar-refractivity contribution in [2.45, 2.75) is 4.90 Å². The topological polar surface area (TPSA) is 69.7 Å². The summed E-state index contributed by atoms with van der Waals surface area (Å²) in [6.07, 6.45) is 0. The van der Waals surface area contributed by atoms with Crippen LogP contribution in [0.4, 0.5) is 0 Å². The summed E-state index contributed by atoms with van der Waals surface area (Å²) < 4.78 is 26.6. The van der Waals surface area contributed by atoms with E-state index in [2.05, 4.69) is 21.2 Å². The maximum atomic E-state index is 12.4. The summed E-state index contributed by atoms with van der Waals surface area (Å²) in [6, 6.07) is 6.46. The zero-order chi connectivity index (χ0) is 15.5. The van der Waals surface area contributed by atoms with Crippen molar-refractivity contribution in [1.29, 1.82) is 0 Å². The van der Waals surface area contributed by atoms with Crippen molar-refractivity contribution in [2.24, 2.45) is 0 Å². The molecule has 0 unspecified atom stereocenters. The number of piperazine rings is 1. The quantitative estimate of drug-likeness (QED) is 0.831. The van der Waals surface area contributed by atoms with Crippen molar-refractivity contribution in [2.75, 3.05) is 39.8 Å². The van der Waals surface area contributed by atoms with E-state index in [1.165, 1.54) is 19.2 Å². The Morgan fingerprint density at radius 1 is 1.38 bits per heavy atom. The molecule has 0 aromatic heterocycles. The molecule has 21 heavy (non-hydrogen) atoms. The monoisotopic (exact) mass is 375 g/mol. The van der Waals surface area contributed by atoms with E-state index in [1.807, 2.05) is 0 Å². The predicted octanol–water partition coefficient (Wildman–Crippen LogP) is 0.501. The number of halogens is 1. The van der Waals surface area contributed by atoms with Gasteiger partial charge in [0.05, 0.1) is 11.4 Å². The highest BCUT2D eigenvalue weighted by molar-refractivity contribution is 9.10. The SMILES string of the molecule is CN(CC(=O)N1CCNCC1)S(=O)(=O)c1cccc(Br)c1. The van der Waals surface area contributed by atoms with Crippen molar-refractivity contribution in [3.8, 4) is 0 Å². The number of nitrogens with one attached hydrogen (secondary N) is 1. The summed E-state index contributed by atoms with van der Waals surface area (Å²) in [4.78, 5) is 14.0. The molecule has 0 bridgehead atoms. The van der Waals surface area contributed by atoms with Crippen LogP contribution in [0.1, 0.15) is 0 Å². The first-order valence-corrected chi connectivity index (χ1v) is 8.85. The zero-order valence-electron chi connectivity index (χ0n) is 11.8. The van der Waals surface area contributed by atoms with Gasteiger partial charge in [0.2, 0.25) is 15.9 Å². The highest BCUT2D eigenvalue weighted by Gasteiger charge is 2.25. The van der Waals surface area contributed by atoms with E-state index in [0.29, 0.717) is 17.6 Å². The third kappa shape index (κ3) is 4.03. The lowest BCUT2D eigenvalue weighted by molar-refractivity contribution is -0.131. The second-order valence-electron chi connectivity index (χ2n) is 4.85. The van der Waals surface area contributed by atoms with E-state index < -0.39 is 10.0 Å². The van der Waals surface area contributed by atoms with Gasteiger partial charge in [0, 0.05) is 37.7 Å². The number of hydrogen-bond acceptors (Lipinski definition) is 4. The highest BCUT2D eigenvalue weighted by atomic mass is 79.9. The molecule has 1 N–H and O–H groups in total. The van der Waals surface area contributed by atoms with Crippen LogP contribution in [0.2, 0.25) is 0 Å². The molecular weight excluding hydrogens is 358 g/mol. The van der Waals surface area contributed by atoms with Crippen LogP contribution in [-0.4, -0.2) is 63.3 Å². The zero-order valence-corrected chi connectivity index (χ0v) is 14.2. The summed E-state index contributed by atoms with van der Waals surface area (Å²) in [6.45, 7) is 2.57. The number of benzene rings is 1. The Morgan fingerprint density at radius 3 is 2.67 bits per heavy atom. The molecule has 1 saturated heterocycles. The van der Waals surface area contributed by atoms with Gasteiger partial charge in [-0.1, -0.05) is 22.0 Å². The van der Waals surface area contributed by atoms with Gasteiger partial charge >= 0.3 is 0 Å². The fourth-order valence-electron chi connectivity index (χ4n) is 2.10. The van der Waals surface area contributed by atoms with Crippen LogP contribution >= 0.6 is 15.9 Å². The van der Waals surface area contributed by atoms with Gasteiger partial charge in [0.25, 0.3) is 0 Å². The fourth-order valence-corrected chi connectivity index (χ4v) is 3.81. The van der Waals surface area contributed by atoms with Crippen LogP contribution in [0.25, 0.3) is 0 Å². The van der Waals surface area contributed by atoms with E-state index in [-0.39, 0.29) is 17.3 Å². The molecule has 116 valence electrons. The number of likely N-dealkylation sites (N-methyl/N-ethyl adjacent to an activating group) is 1. The van der Waals surface area contributed by atoms with E-state index in [4.69, 9.17) is 0 Å². The van der Waals surface area contributed by atoms with Crippen LogP contribution in [0.15, 0.2) is 33.6 Å². The molecule has 1 heterocycles. The largest absolute Gasteiger partial charge is 0.339 e. The van der Waals surface area contributed by atoms with Crippen LogP contribution in [0.5, 0.6) is 0 Å². The van der Waals surface area contributed by atoms with Crippen molar-refractivity contribution in [1.82, 2.24) is 14.5 Å². The first kappa shape index (κ1) is 16.4. The van der Waals surface area contributed by atoms with Crippen LogP contribution in [-0.2, 0) is 14.8 Å². The van der Waals surface area contributed by atoms with Gasteiger partial charge in [-0.3, -0.25) is 4.79 Å². The number of carbonyl (C=O) groups is 1. The number of sulfonamides is 1. The standard InChI is InChI=1S/C13H18BrN3O3S/c1-16(10-13(18)17-7-5-15-6-8-17)21(19,20)12-4-2-3-11(14)9-12/h2-4,9,15H,5-8,10H2,1H3. The first-order valence-electron chi connectivity index (χ1n) is 6.61. The average Bonchev–Trinajstić information content (AvgIpc) is 2.48. The number of carbonyl (C=O) groups excluding carboxylic acids is 1. The molecule has 1 aliphatic rings. The lowest BCUT2D eigenvalue weighted by Gasteiger charge is -2.29. The number of nitrogens with zero attached hydrogens (tertiary/aromatic N) is 2. The van der Waals surface area contributed by atoms with Crippen molar-refractivity contribution in [3.05, 3.63) is 28.7 Å². The Bertz CT molecular complexity index is 615. The predicted molar refractivity (Wildman–Crippen MR) is 83.4 cm³/mol. The van der Waals surface area contributed by atoms with Crippen LogP contribution in [0.3, 0.4) is 0 Å². The lowest BCUT2D eigenvalue weighted by atomic mass is 10.3. The van der Waals surface area contributed by atoms with Gasteiger partial charge in [0.15, 0.2) is 0 Å². The molecule has 2 rings (SSSR count). The average molecular weight is 376 g/mol. The fraction of sp³-hybridized carbons (Fsp3) is 0.462. The lowest BCUT2D eigenvalue weighted by Crippen LogP contribution is -2.49. The molecule has 1 aromatic rings. The summed E-state index contributed by atoms with van der Waals surface area (Å²) in [7, 11) is -2.23. The molecule has 1 aromatic carbocycles. The number of hydrogen-bond donors (Lipinski definition) is 1. The van der Waals surface area contributed by atoms with Crippen LogP contribution < -0.4 is 5.32 Å². The van der Waals surface area contributed by atoms with Crippen molar-refractivity contribution in [3.63, 3.8) is 0 Å². The summed E-state index contributed by atoms with van der Waals surface area (Å²) in [5, 5.41) is 3.15. The maximum absolute atomic E-state index is 12.4. The minimum Gasteiger partial charge on any atom is -0.339 e. The Labute approximate surface area is 133 Å². The molecular formula is C13H18BrN3O3S. The Balaban J connectivity index is 2.08. The first-order chi connectivity index (χ1) is 9.91. The van der Waals surface area contributed by atoms with E-state index in [1.54, 1.807) is 17.0 Å². The third-order valence-corrected chi connectivity index (χ3v) is 5.62. The molecule has 0 spiro atoms. The Hall–Kier alpha value is -0.960. The molecule has 1 fully saturated rings. The molecule has 0 aliphatic carbocycles. The number of amides is 1. The van der Waals surface area contributed by atoms with Gasteiger partial charge in [0.1, 0.15) is 0 Å². The van der Waals surface area contributed by atoms with Gasteiger partial charge in [-0.05, 0) is 18.2 Å². The smallest absolute Gasteiger partial charge is 0.243 e. The normalized spacial score (nSPS) is 16.2. The molecule has 0 radical (unpaired) electrons. The Kier molecular flexibility index (Phi) is 5.37. The second kappa shape index (κ2) is 6.87. The minimum atomic E-state index is -3.66. The molecule has 6 nitrogen and oxygen atoms in total. The summed E-state index contributed by atoms with van der Waals surface area (Å²) in [5.74, 6) is -0.169. The van der Waals surface area contributed by atoms with E-state index in [9.17, 15) is 13.2 Å². The third-order valence-electron chi connectivity index (χ3n) is 3.33. The van der Waals surface area contributed by atoms with Gasteiger partial charge in [-0.15, -0.1) is 0 Å². The van der Waals surface area contributed by atoms with Crippen LogP contribution in [0, 0.1) is 0 Å². The summed E-state index contributed by atoms with van der Waals surface area (Å²) >= 11 is 3.25. The van der Waals surface area contributed by atoms with Crippen molar-refractivity contribution >= 4 is 31.9 Å². The number of rotatable bonds is 4. The summed E-state index contributed by atoms with van der Waals surface area (Å²) in [5.41, 5.74) is 0.